The third-order valence-corrected chi connectivity index (χ3v) is 3.35. The van der Waals surface area contributed by atoms with E-state index in [1.165, 1.54) is 38.5 Å². The normalized spacial score (nSPS) is 12.3. The lowest BCUT2D eigenvalue weighted by atomic mass is 10.1. The van der Waals surface area contributed by atoms with E-state index in [-0.39, 0.29) is 0 Å². The Morgan fingerprint density at radius 2 is 1.22 bits per heavy atom. The van der Waals surface area contributed by atoms with Gasteiger partial charge in [0.2, 0.25) is 0 Å². The fourth-order valence-corrected chi connectivity index (χ4v) is 2.11. The van der Waals surface area contributed by atoms with Crippen LogP contribution in [-0.4, -0.2) is 5.33 Å². The van der Waals surface area contributed by atoms with E-state index in [0.29, 0.717) is 0 Å². The molecule has 0 saturated carbocycles. The van der Waals surface area contributed by atoms with Gasteiger partial charge in [-0.05, 0) is 38.5 Å². The predicted molar refractivity (Wildman–Crippen MR) is 88.4 cm³/mol. The molecule has 0 aliphatic carbocycles. The molecule has 0 amide bonds. The first-order valence-corrected chi connectivity index (χ1v) is 8.55. The van der Waals surface area contributed by atoms with Crippen molar-refractivity contribution in [1.29, 1.82) is 0 Å². The van der Waals surface area contributed by atoms with Crippen LogP contribution in [0.15, 0.2) is 36.5 Å². The van der Waals surface area contributed by atoms with E-state index in [1.807, 2.05) is 0 Å². The van der Waals surface area contributed by atoms with Crippen LogP contribution in [0.2, 0.25) is 0 Å². The summed E-state index contributed by atoms with van der Waals surface area (Å²) in [5, 5.41) is 1.16. The van der Waals surface area contributed by atoms with E-state index in [9.17, 15) is 0 Å². The van der Waals surface area contributed by atoms with Gasteiger partial charge in [0.15, 0.2) is 0 Å². The monoisotopic (exact) mass is 312 g/mol. The number of hydrogen-bond acceptors (Lipinski definition) is 0. The zero-order valence-corrected chi connectivity index (χ0v) is 13.5. The smallest absolute Gasteiger partial charge is 0.00313 e. The van der Waals surface area contributed by atoms with Crippen molar-refractivity contribution in [1.82, 2.24) is 0 Å². The molecule has 0 fully saturated rings. The molecule has 18 heavy (non-hydrogen) atoms. The van der Waals surface area contributed by atoms with Crippen LogP contribution in [0, 0.1) is 0 Å². The molecule has 0 aliphatic rings. The number of halogens is 1. The third-order valence-electron chi connectivity index (χ3n) is 2.78. The molecule has 0 saturated heterocycles. The predicted octanol–water partition coefficient (Wildman–Crippen LogP) is 6.58. The van der Waals surface area contributed by atoms with E-state index >= 15 is 0 Å². The summed E-state index contributed by atoms with van der Waals surface area (Å²) in [7, 11) is 0. The van der Waals surface area contributed by atoms with Crippen LogP contribution in [-0.2, 0) is 0 Å². The van der Waals surface area contributed by atoms with E-state index in [0.717, 1.165) is 24.6 Å². The van der Waals surface area contributed by atoms with Gasteiger partial charge in [0.25, 0.3) is 0 Å². The Hall–Kier alpha value is -0.300. The molecule has 0 heterocycles. The molecule has 0 radical (unpaired) electrons. The number of rotatable bonds is 12. The molecule has 104 valence electrons. The fraction of sp³-hybridized carbons (Fsp3) is 0.647. The Morgan fingerprint density at radius 3 is 1.89 bits per heavy atom. The summed E-state index contributed by atoms with van der Waals surface area (Å²) in [5.41, 5.74) is 0. The summed E-state index contributed by atoms with van der Waals surface area (Å²) in [4.78, 5) is 0. The topological polar surface area (TPSA) is 0 Å². The third kappa shape index (κ3) is 15.7. The lowest BCUT2D eigenvalue weighted by Gasteiger charge is -1.96. The molecule has 0 rings (SSSR count). The molecular weight excluding hydrogens is 284 g/mol. The SMILES string of the molecule is CC/C=C/C/C=C/C/C=C/CCCCCCCBr. The molecule has 0 N–H and O–H groups in total. The van der Waals surface area contributed by atoms with Gasteiger partial charge in [-0.25, -0.2) is 0 Å². The van der Waals surface area contributed by atoms with Crippen molar-refractivity contribution in [3.8, 4) is 0 Å². The van der Waals surface area contributed by atoms with Crippen molar-refractivity contribution in [2.45, 2.75) is 64.7 Å². The zero-order valence-electron chi connectivity index (χ0n) is 11.9. The van der Waals surface area contributed by atoms with Gasteiger partial charge in [-0.2, -0.15) is 0 Å². The molecule has 0 nitrogen and oxygen atoms in total. The van der Waals surface area contributed by atoms with Crippen molar-refractivity contribution in [2.24, 2.45) is 0 Å². The molecule has 0 aromatic carbocycles. The second kappa shape index (κ2) is 16.7. The molecule has 0 aromatic rings. The number of unbranched alkanes of at least 4 members (excludes halogenated alkanes) is 5. The van der Waals surface area contributed by atoms with E-state index in [4.69, 9.17) is 0 Å². The summed E-state index contributed by atoms with van der Waals surface area (Å²) < 4.78 is 0. The highest BCUT2D eigenvalue weighted by molar-refractivity contribution is 9.09. The van der Waals surface area contributed by atoms with Gasteiger partial charge >= 0.3 is 0 Å². The van der Waals surface area contributed by atoms with Crippen molar-refractivity contribution in [3.05, 3.63) is 36.5 Å². The van der Waals surface area contributed by atoms with Crippen LogP contribution >= 0.6 is 15.9 Å². The second-order valence-electron chi connectivity index (χ2n) is 4.54. The van der Waals surface area contributed by atoms with Crippen molar-refractivity contribution < 1.29 is 0 Å². The maximum atomic E-state index is 3.47. The van der Waals surface area contributed by atoms with Crippen LogP contribution < -0.4 is 0 Å². The van der Waals surface area contributed by atoms with Crippen molar-refractivity contribution in [3.63, 3.8) is 0 Å². The van der Waals surface area contributed by atoms with Gasteiger partial charge in [-0.1, -0.05) is 78.6 Å². The molecule has 0 atom stereocenters. The molecule has 0 unspecified atom stereocenters. The number of alkyl halides is 1. The molecule has 0 aromatic heterocycles. The Bertz CT molecular complexity index is 226. The van der Waals surface area contributed by atoms with Gasteiger partial charge in [-0.3, -0.25) is 0 Å². The van der Waals surface area contributed by atoms with Crippen LogP contribution in [0.5, 0.6) is 0 Å². The lowest BCUT2D eigenvalue weighted by molar-refractivity contribution is 0.641. The van der Waals surface area contributed by atoms with Gasteiger partial charge in [0.1, 0.15) is 0 Å². The highest BCUT2D eigenvalue weighted by Crippen LogP contribution is 2.07. The number of allylic oxidation sites excluding steroid dienone is 6. The van der Waals surface area contributed by atoms with E-state index in [1.54, 1.807) is 0 Å². The van der Waals surface area contributed by atoms with E-state index in [2.05, 4.69) is 59.3 Å². The minimum Gasteiger partial charge on any atom is -0.0928 e. The fourth-order valence-electron chi connectivity index (χ4n) is 1.71. The number of hydrogen-bond donors (Lipinski definition) is 0. The minimum absolute atomic E-state index is 1.08. The molecule has 0 spiro atoms. The highest BCUT2D eigenvalue weighted by atomic mass is 79.9. The average molecular weight is 313 g/mol. The summed E-state index contributed by atoms with van der Waals surface area (Å²) in [6, 6.07) is 0. The van der Waals surface area contributed by atoms with Crippen LogP contribution in [0.4, 0.5) is 0 Å². The highest BCUT2D eigenvalue weighted by Gasteiger charge is 1.87. The molecule has 0 bridgehead atoms. The minimum atomic E-state index is 1.08. The van der Waals surface area contributed by atoms with E-state index < -0.39 is 0 Å². The summed E-state index contributed by atoms with van der Waals surface area (Å²) in [6.07, 6.45) is 25.0. The summed E-state index contributed by atoms with van der Waals surface area (Å²) in [5.74, 6) is 0. The standard InChI is InChI=1S/C17H29Br/c1-2-3-4-5-6-7-8-9-10-11-12-13-14-15-16-17-18/h3-4,6-7,9-10H,2,5,8,11-17H2,1H3/b4-3+,7-6+,10-9+. The Labute approximate surface area is 122 Å². The maximum absolute atomic E-state index is 3.47. The van der Waals surface area contributed by atoms with Crippen molar-refractivity contribution >= 4 is 15.9 Å². The Kier molecular flexibility index (Phi) is 16.4. The molecular formula is C17H29Br. The maximum Gasteiger partial charge on any atom is 0.00313 e. The molecule has 1 heteroatoms. The first-order chi connectivity index (χ1) is 8.91. The first-order valence-electron chi connectivity index (χ1n) is 7.42. The Morgan fingerprint density at radius 1 is 0.667 bits per heavy atom. The quantitative estimate of drug-likeness (QED) is 0.217. The van der Waals surface area contributed by atoms with Crippen LogP contribution in [0.3, 0.4) is 0 Å². The van der Waals surface area contributed by atoms with Gasteiger partial charge < -0.3 is 0 Å². The summed E-state index contributed by atoms with van der Waals surface area (Å²) in [6.45, 7) is 2.17. The second-order valence-corrected chi connectivity index (χ2v) is 5.33. The largest absolute Gasteiger partial charge is 0.0928 e. The summed E-state index contributed by atoms with van der Waals surface area (Å²) >= 11 is 3.47. The zero-order chi connectivity index (χ0) is 13.3. The van der Waals surface area contributed by atoms with Crippen LogP contribution in [0.1, 0.15) is 64.7 Å². The average Bonchev–Trinajstić information content (AvgIpc) is 2.39. The molecule has 0 aliphatic heterocycles. The van der Waals surface area contributed by atoms with Gasteiger partial charge in [-0.15, -0.1) is 0 Å². The lowest BCUT2D eigenvalue weighted by Crippen LogP contribution is -1.79. The Balaban J connectivity index is 3.20. The van der Waals surface area contributed by atoms with Crippen LogP contribution in [0.25, 0.3) is 0 Å². The van der Waals surface area contributed by atoms with Crippen molar-refractivity contribution in [2.75, 3.05) is 5.33 Å². The first kappa shape index (κ1) is 17.7. The van der Waals surface area contributed by atoms with Gasteiger partial charge in [0, 0.05) is 5.33 Å². The van der Waals surface area contributed by atoms with Gasteiger partial charge in [0.05, 0.1) is 0 Å².